The zero-order chi connectivity index (χ0) is 10.8. The first-order chi connectivity index (χ1) is 6.70. The lowest BCUT2D eigenvalue weighted by molar-refractivity contribution is 1.22. The number of hydrogen-bond donors (Lipinski definition) is 0. The molecule has 1 heteroatoms. The number of rotatable bonds is 6. The van der Waals surface area contributed by atoms with Crippen LogP contribution in [0, 0.1) is 0 Å². The Morgan fingerprint density at radius 2 is 2.07 bits per heavy atom. The molecule has 0 aliphatic rings. The van der Waals surface area contributed by atoms with Gasteiger partial charge in [-0.15, -0.1) is 0 Å². The third-order valence-corrected chi connectivity index (χ3v) is 2.39. The molecule has 0 rings (SSSR count). The molecule has 0 aromatic heterocycles. The van der Waals surface area contributed by atoms with Crippen molar-refractivity contribution in [2.24, 2.45) is 0 Å². The van der Waals surface area contributed by atoms with Crippen molar-refractivity contribution >= 4 is 11.8 Å². The SMILES string of the molecule is C=C/C=C\C(=C)[SH+]/C(C)=C/C=C\CC. The highest BCUT2D eigenvalue weighted by atomic mass is 32.2. The van der Waals surface area contributed by atoms with Crippen LogP contribution in [0.4, 0.5) is 0 Å². The third-order valence-electron chi connectivity index (χ3n) is 1.45. The lowest BCUT2D eigenvalue weighted by Gasteiger charge is -1.88. The van der Waals surface area contributed by atoms with E-state index < -0.39 is 0 Å². The van der Waals surface area contributed by atoms with E-state index in [0.29, 0.717) is 0 Å². The maximum Gasteiger partial charge on any atom is 0.150 e. The Morgan fingerprint density at radius 1 is 1.36 bits per heavy atom. The second-order valence-corrected chi connectivity index (χ2v) is 4.35. The summed E-state index contributed by atoms with van der Waals surface area (Å²) in [6, 6.07) is 0. The van der Waals surface area contributed by atoms with Crippen LogP contribution in [0.15, 0.2) is 59.4 Å². The Kier molecular flexibility index (Phi) is 8.05. The minimum atomic E-state index is 1.08. The van der Waals surface area contributed by atoms with E-state index in [1.165, 1.54) is 16.7 Å². The molecule has 0 aliphatic heterocycles. The molecular formula is C13H19S+. The zero-order valence-corrected chi connectivity index (χ0v) is 9.93. The topological polar surface area (TPSA) is 0 Å². The van der Waals surface area contributed by atoms with Crippen LogP contribution in [0.2, 0.25) is 0 Å². The smallest absolute Gasteiger partial charge is 0.0991 e. The fourth-order valence-electron chi connectivity index (χ4n) is 0.824. The van der Waals surface area contributed by atoms with Crippen LogP contribution in [-0.2, 0) is 11.8 Å². The Hall–Kier alpha value is -0.950. The van der Waals surface area contributed by atoms with Gasteiger partial charge in [-0.1, -0.05) is 37.8 Å². The van der Waals surface area contributed by atoms with Gasteiger partial charge in [0.25, 0.3) is 0 Å². The van der Waals surface area contributed by atoms with Crippen molar-refractivity contribution in [3.63, 3.8) is 0 Å². The Labute approximate surface area is 91.8 Å². The van der Waals surface area contributed by atoms with Gasteiger partial charge < -0.3 is 0 Å². The molecule has 76 valence electrons. The van der Waals surface area contributed by atoms with E-state index in [0.717, 1.165) is 11.3 Å². The fraction of sp³-hybridized carbons (Fsp3) is 0.231. The molecule has 0 amide bonds. The molecule has 0 bridgehead atoms. The van der Waals surface area contributed by atoms with E-state index in [1.807, 2.05) is 12.2 Å². The first-order valence-electron chi connectivity index (χ1n) is 4.74. The van der Waals surface area contributed by atoms with E-state index >= 15 is 0 Å². The Morgan fingerprint density at radius 3 is 2.64 bits per heavy atom. The summed E-state index contributed by atoms with van der Waals surface area (Å²) in [7, 11) is 0. The van der Waals surface area contributed by atoms with Gasteiger partial charge in [-0.3, -0.25) is 0 Å². The van der Waals surface area contributed by atoms with Crippen molar-refractivity contribution in [1.29, 1.82) is 0 Å². The van der Waals surface area contributed by atoms with Crippen molar-refractivity contribution in [3.05, 3.63) is 59.4 Å². The van der Waals surface area contributed by atoms with Gasteiger partial charge in [-0.25, -0.2) is 0 Å². The molecule has 0 saturated heterocycles. The van der Waals surface area contributed by atoms with Gasteiger partial charge in [0.2, 0.25) is 0 Å². The van der Waals surface area contributed by atoms with Crippen molar-refractivity contribution < 1.29 is 0 Å². The van der Waals surface area contributed by atoms with Gasteiger partial charge in [0.05, 0.1) is 0 Å². The lowest BCUT2D eigenvalue weighted by Crippen LogP contribution is -1.82. The molecule has 0 fully saturated rings. The summed E-state index contributed by atoms with van der Waals surface area (Å²) < 4.78 is 0. The average molecular weight is 207 g/mol. The van der Waals surface area contributed by atoms with Crippen molar-refractivity contribution in [2.45, 2.75) is 20.3 Å². The molecule has 0 aromatic carbocycles. The van der Waals surface area contributed by atoms with E-state index in [9.17, 15) is 0 Å². The van der Waals surface area contributed by atoms with Crippen LogP contribution in [0.25, 0.3) is 0 Å². The van der Waals surface area contributed by atoms with Gasteiger partial charge in [0.1, 0.15) is 4.91 Å². The second kappa shape index (κ2) is 8.64. The maximum absolute atomic E-state index is 3.95. The number of hydrogen-bond acceptors (Lipinski definition) is 0. The molecule has 0 N–H and O–H groups in total. The fourth-order valence-corrected chi connectivity index (χ4v) is 1.60. The van der Waals surface area contributed by atoms with Gasteiger partial charge in [-0.2, -0.15) is 0 Å². The molecule has 0 aliphatic carbocycles. The minimum Gasteiger partial charge on any atom is -0.0991 e. The minimum absolute atomic E-state index is 1.08. The van der Waals surface area contributed by atoms with Crippen molar-refractivity contribution in [3.8, 4) is 0 Å². The molecule has 0 nitrogen and oxygen atoms in total. The van der Waals surface area contributed by atoms with E-state index in [1.54, 1.807) is 6.08 Å². The van der Waals surface area contributed by atoms with E-state index in [2.05, 4.69) is 45.2 Å². The summed E-state index contributed by atoms with van der Waals surface area (Å²) in [5.74, 6) is 0. The van der Waals surface area contributed by atoms with Crippen LogP contribution < -0.4 is 0 Å². The van der Waals surface area contributed by atoms with Crippen LogP contribution in [0.5, 0.6) is 0 Å². The van der Waals surface area contributed by atoms with Crippen LogP contribution in [0.3, 0.4) is 0 Å². The second-order valence-electron chi connectivity index (χ2n) is 2.84. The van der Waals surface area contributed by atoms with E-state index in [4.69, 9.17) is 0 Å². The highest BCUT2D eigenvalue weighted by Gasteiger charge is 2.01. The summed E-state index contributed by atoms with van der Waals surface area (Å²) in [5.41, 5.74) is 0. The summed E-state index contributed by atoms with van der Waals surface area (Å²) >= 11 is 1.18. The molecule has 0 radical (unpaired) electrons. The molecule has 0 aromatic rings. The summed E-state index contributed by atoms with van der Waals surface area (Å²) in [4.78, 5) is 2.39. The molecule has 0 heterocycles. The molecule has 0 unspecified atom stereocenters. The highest BCUT2D eigenvalue weighted by Crippen LogP contribution is 2.06. The zero-order valence-electron chi connectivity index (χ0n) is 9.03. The van der Waals surface area contributed by atoms with Crippen molar-refractivity contribution in [2.75, 3.05) is 0 Å². The molecule has 0 saturated carbocycles. The number of allylic oxidation sites excluding steroid dienone is 7. The predicted octanol–water partition coefficient (Wildman–Crippen LogP) is 3.93. The largest absolute Gasteiger partial charge is 0.150 e. The molecule has 0 spiro atoms. The number of thiol groups is 1. The monoisotopic (exact) mass is 207 g/mol. The average Bonchev–Trinajstić information content (AvgIpc) is 2.15. The van der Waals surface area contributed by atoms with Gasteiger partial charge in [0.15, 0.2) is 4.91 Å². The van der Waals surface area contributed by atoms with Gasteiger partial charge in [-0.05, 0) is 25.2 Å². The maximum atomic E-state index is 3.95. The quantitative estimate of drug-likeness (QED) is 0.352. The van der Waals surface area contributed by atoms with Crippen LogP contribution >= 0.6 is 0 Å². The normalized spacial score (nSPS) is 12.6. The first-order valence-corrected chi connectivity index (χ1v) is 5.63. The molecule has 0 atom stereocenters. The Balaban J connectivity index is 4.04. The van der Waals surface area contributed by atoms with Crippen LogP contribution in [-0.4, -0.2) is 0 Å². The predicted molar refractivity (Wildman–Crippen MR) is 70.4 cm³/mol. The summed E-state index contributed by atoms with van der Waals surface area (Å²) in [6.45, 7) is 11.8. The van der Waals surface area contributed by atoms with Crippen molar-refractivity contribution in [1.82, 2.24) is 0 Å². The highest BCUT2D eigenvalue weighted by molar-refractivity contribution is 7.86. The Bertz CT molecular complexity index is 267. The van der Waals surface area contributed by atoms with E-state index in [-0.39, 0.29) is 0 Å². The van der Waals surface area contributed by atoms with Crippen LogP contribution in [0.1, 0.15) is 20.3 Å². The van der Waals surface area contributed by atoms with Gasteiger partial charge in [0, 0.05) is 18.7 Å². The molecule has 14 heavy (non-hydrogen) atoms. The molecular weight excluding hydrogens is 188 g/mol. The summed E-state index contributed by atoms with van der Waals surface area (Å²) in [5, 5.41) is 0. The summed E-state index contributed by atoms with van der Waals surface area (Å²) in [6.07, 6.45) is 13.1. The first kappa shape index (κ1) is 13.1. The third kappa shape index (κ3) is 7.69. The van der Waals surface area contributed by atoms with Gasteiger partial charge >= 0.3 is 0 Å². The standard InChI is InChI=1S/C13H18S/c1-5-7-9-11-13(4)14-12(3)10-8-6-2/h6-11H,2-3,5H2,1,4H3/p+1/b9-7-,10-8-,13-11+. The lowest BCUT2D eigenvalue weighted by atomic mass is 10.4.